The molecule has 0 spiro atoms. The molecule has 1 aromatic carbocycles. The standard InChI is InChI=1S/C12H6N4S/c1-7-3-13-5-15-10(7)2-8-9-4-14-6-16-12(9)17-11(1)8/h1-6H. The minimum atomic E-state index is 0.955. The van der Waals surface area contributed by atoms with E-state index in [1.54, 1.807) is 24.0 Å². The third-order valence-electron chi connectivity index (χ3n) is 2.78. The number of hydrogen-bond donors (Lipinski definition) is 0. The van der Waals surface area contributed by atoms with Crippen LogP contribution in [0.2, 0.25) is 0 Å². The van der Waals surface area contributed by atoms with Crippen molar-refractivity contribution < 1.29 is 0 Å². The number of nitrogens with zero attached hydrogens (tertiary/aromatic N) is 4. The van der Waals surface area contributed by atoms with Crippen LogP contribution >= 0.6 is 11.3 Å². The summed E-state index contributed by atoms with van der Waals surface area (Å²) < 4.78 is 1.20. The SMILES string of the molecule is c1ncc2cc3sc4ncncc4c3cc2n1. The summed E-state index contributed by atoms with van der Waals surface area (Å²) in [6.07, 6.45) is 6.84. The van der Waals surface area contributed by atoms with E-state index in [0.717, 1.165) is 26.5 Å². The summed E-state index contributed by atoms with van der Waals surface area (Å²) in [7, 11) is 0. The lowest BCUT2D eigenvalue weighted by Gasteiger charge is -1.95. The molecule has 4 rings (SSSR count). The molecule has 0 N–H and O–H groups in total. The molecule has 4 aromatic rings. The molecule has 0 saturated heterocycles. The second-order valence-electron chi connectivity index (χ2n) is 3.77. The van der Waals surface area contributed by atoms with Crippen molar-refractivity contribution in [3.63, 3.8) is 0 Å². The van der Waals surface area contributed by atoms with E-state index in [4.69, 9.17) is 0 Å². The summed E-state index contributed by atoms with van der Waals surface area (Å²) in [5.41, 5.74) is 0.955. The van der Waals surface area contributed by atoms with Crippen LogP contribution in [0.4, 0.5) is 0 Å². The van der Waals surface area contributed by atoms with Crippen LogP contribution in [0.3, 0.4) is 0 Å². The summed E-state index contributed by atoms with van der Waals surface area (Å²) >= 11 is 1.67. The van der Waals surface area contributed by atoms with Gasteiger partial charge in [-0.2, -0.15) is 0 Å². The number of hydrogen-bond acceptors (Lipinski definition) is 5. The van der Waals surface area contributed by atoms with Gasteiger partial charge in [-0.3, -0.25) is 0 Å². The quantitative estimate of drug-likeness (QED) is 0.472. The van der Waals surface area contributed by atoms with Crippen LogP contribution in [-0.4, -0.2) is 19.9 Å². The van der Waals surface area contributed by atoms with E-state index in [-0.39, 0.29) is 0 Å². The van der Waals surface area contributed by atoms with E-state index in [9.17, 15) is 0 Å². The molecule has 3 aromatic heterocycles. The first-order chi connectivity index (χ1) is 8.42. The number of benzene rings is 1. The van der Waals surface area contributed by atoms with Crippen molar-refractivity contribution in [2.75, 3.05) is 0 Å². The fraction of sp³-hybridized carbons (Fsp3) is 0. The molecular formula is C12H6N4S. The predicted molar refractivity (Wildman–Crippen MR) is 68.0 cm³/mol. The van der Waals surface area contributed by atoms with Crippen molar-refractivity contribution in [2.45, 2.75) is 0 Å². The Morgan fingerprint density at radius 2 is 1.76 bits per heavy atom. The van der Waals surface area contributed by atoms with E-state index in [0.29, 0.717) is 0 Å². The monoisotopic (exact) mass is 238 g/mol. The van der Waals surface area contributed by atoms with E-state index >= 15 is 0 Å². The number of fused-ring (bicyclic) bond motifs is 4. The molecule has 5 heteroatoms. The molecule has 3 heterocycles. The van der Waals surface area contributed by atoms with Crippen LogP contribution in [0.25, 0.3) is 31.2 Å². The van der Waals surface area contributed by atoms with Crippen LogP contribution < -0.4 is 0 Å². The summed E-state index contributed by atoms with van der Waals surface area (Å²) in [4.78, 5) is 17.7. The van der Waals surface area contributed by atoms with Gasteiger partial charge in [0, 0.05) is 33.3 Å². The lowest BCUT2D eigenvalue weighted by molar-refractivity contribution is 1.22. The molecule has 0 saturated carbocycles. The zero-order chi connectivity index (χ0) is 11.2. The Hall–Kier alpha value is -2.14. The maximum Gasteiger partial charge on any atom is 0.127 e. The molecule has 0 radical (unpaired) electrons. The van der Waals surface area contributed by atoms with Gasteiger partial charge in [0.2, 0.25) is 0 Å². The summed E-state index contributed by atoms with van der Waals surface area (Å²) in [5.74, 6) is 0. The minimum absolute atomic E-state index is 0.955. The smallest absolute Gasteiger partial charge is 0.127 e. The molecule has 0 fully saturated rings. The molecule has 0 unspecified atom stereocenters. The molecule has 0 atom stereocenters. The van der Waals surface area contributed by atoms with Gasteiger partial charge in [0.05, 0.1) is 5.52 Å². The number of rotatable bonds is 0. The Bertz CT molecular complexity index is 847. The molecule has 0 amide bonds. The minimum Gasteiger partial charge on any atom is -0.244 e. The van der Waals surface area contributed by atoms with Gasteiger partial charge in [0.1, 0.15) is 17.5 Å². The van der Waals surface area contributed by atoms with Crippen molar-refractivity contribution in [2.24, 2.45) is 0 Å². The van der Waals surface area contributed by atoms with Gasteiger partial charge >= 0.3 is 0 Å². The molecule has 0 aliphatic carbocycles. The highest BCUT2D eigenvalue weighted by molar-refractivity contribution is 7.25. The Kier molecular flexibility index (Phi) is 1.67. The van der Waals surface area contributed by atoms with Crippen LogP contribution in [0, 0.1) is 0 Å². The van der Waals surface area contributed by atoms with Crippen LogP contribution in [0.1, 0.15) is 0 Å². The second-order valence-corrected chi connectivity index (χ2v) is 4.80. The molecule has 0 aliphatic heterocycles. The number of thiophene rings is 1. The highest BCUT2D eigenvalue weighted by Crippen LogP contribution is 2.33. The lowest BCUT2D eigenvalue weighted by Crippen LogP contribution is -1.80. The van der Waals surface area contributed by atoms with Crippen molar-refractivity contribution in [3.05, 3.63) is 37.2 Å². The average molecular weight is 238 g/mol. The van der Waals surface area contributed by atoms with Crippen LogP contribution in [0.5, 0.6) is 0 Å². The largest absolute Gasteiger partial charge is 0.244 e. The van der Waals surface area contributed by atoms with Gasteiger partial charge in [0.15, 0.2) is 0 Å². The predicted octanol–water partition coefficient (Wildman–Crippen LogP) is 2.79. The molecule has 4 nitrogen and oxygen atoms in total. The van der Waals surface area contributed by atoms with Crippen molar-refractivity contribution in [1.29, 1.82) is 0 Å². The zero-order valence-electron chi connectivity index (χ0n) is 8.66. The molecular weight excluding hydrogens is 232 g/mol. The van der Waals surface area contributed by atoms with Gasteiger partial charge in [-0.15, -0.1) is 11.3 Å². The van der Waals surface area contributed by atoms with Gasteiger partial charge in [0.25, 0.3) is 0 Å². The molecule has 80 valence electrons. The van der Waals surface area contributed by atoms with E-state index in [1.165, 1.54) is 4.70 Å². The normalized spacial score (nSPS) is 11.5. The van der Waals surface area contributed by atoms with Crippen molar-refractivity contribution >= 4 is 42.5 Å². The third-order valence-corrected chi connectivity index (χ3v) is 3.85. The third kappa shape index (κ3) is 1.23. The first kappa shape index (κ1) is 8.95. The highest BCUT2D eigenvalue weighted by atomic mass is 32.1. The maximum absolute atomic E-state index is 4.28. The summed E-state index contributed by atoms with van der Waals surface area (Å²) in [6, 6.07) is 4.19. The Morgan fingerprint density at radius 3 is 2.76 bits per heavy atom. The van der Waals surface area contributed by atoms with Crippen molar-refractivity contribution in [1.82, 2.24) is 19.9 Å². The summed E-state index contributed by atoms with van der Waals surface area (Å²) in [5, 5.41) is 3.31. The van der Waals surface area contributed by atoms with Gasteiger partial charge < -0.3 is 0 Å². The van der Waals surface area contributed by atoms with Crippen molar-refractivity contribution in [3.8, 4) is 0 Å². The molecule has 0 aliphatic rings. The van der Waals surface area contributed by atoms with E-state index in [1.807, 2.05) is 12.4 Å². The fourth-order valence-electron chi connectivity index (χ4n) is 1.99. The summed E-state index contributed by atoms with van der Waals surface area (Å²) in [6.45, 7) is 0. The Balaban J connectivity index is 2.28. The fourth-order valence-corrected chi connectivity index (χ4v) is 3.04. The van der Waals surface area contributed by atoms with Gasteiger partial charge in [-0.25, -0.2) is 19.9 Å². The topological polar surface area (TPSA) is 51.6 Å². The average Bonchev–Trinajstić information content (AvgIpc) is 2.73. The molecule has 17 heavy (non-hydrogen) atoms. The first-order valence-corrected chi connectivity index (χ1v) is 5.95. The Labute approximate surface area is 100.0 Å². The lowest BCUT2D eigenvalue weighted by atomic mass is 10.1. The first-order valence-electron chi connectivity index (χ1n) is 5.14. The van der Waals surface area contributed by atoms with Gasteiger partial charge in [-0.05, 0) is 12.1 Å². The Morgan fingerprint density at radius 1 is 0.882 bits per heavy atom. The van der Waals surface area contributed by atoms with E-state index in [2.05, 4.69) is 32.1 Å². The van der Waals surface area contributed by atoms with Crippen LogP contribution in [-0.2, 0) is 0 Å². The van der Waals surface area contributed by atoms with Gasteiger partial charge in [-0.1, -0.05) is 0 Å². The highest BCUT2D eigenvalue weighted by Gasteiger charge is 2.07. The zero-order valence-corrected chi connectivity index (χ0v) is 9.48. The maximum atomic E-state index is 4.28. The second kappa shape index (κ2) is 3.18. The van der Waals surface area contributed by atoms with Crippen LogP contribution in [0.15, 0.2) is 37.2 Å². The number of aromatic nitrogens is 4. The van der Waals surface area contributed by atoms with E-state index < -0.39 is 0 Å². The molecule has 0 bridgehead atoms.